The monoisotopic (exact) mass is 330 g/mol. The van der Waals surface area contributed by atoms with Crippen LogP contribution in [0.2, 0.25) is 0 Å². The van der Waals surface area contributed by atoms with Crippen molar-refractivity contribution in [2.75, 3.05) is 0 Å². The molecule has 6 nitrogen and oxygen atoms in total. The number of nitrogens with zero attached hydrogens (tertiary/aromatic N) is 4. The largest absolute Gasteiger partial charge is 0.442 e. The Bertz CT molecular complexity index is 934. The lowest BCUT2D eigenvalue weighted by Crippen LogP contribution is -2.28. The van der Waals surface area contributed by atoms with Crippen molar-refractivity contribution in [1.82, 2.24) is 19.6 Å². The zero-order valence-electron chi connectivity index (χ0n) is 14.3. The standard InChI is InChI=1S/C17H19FN4O2/c1-10-13-6-11(12-8-19-21(5)9-12)7-14(18)15(13)22(20-10)16(23)24-17(2,3)4/h6-9H,1-5H3. The van der Waals surface area contributed by atoms with Crippen molar-refractivity contribution in [1.29, 1.82) is 0 Å². The van der Waals surface area contributed by atoms with Crippen LogP contribution < -0.4 is 0 Å². The molecule has 0 atom stereocenters. The first-order valence-electron chi connectivity index (χ1n) is 7.57. The third-order valence-electron chi connectivity index (χ3n) is 3.52. The highest BCUT2D eigenvalue weighted by atomic mass is 19.1. The van der Waals surface area contributed by atoms with Gasteiger partial charge in [-0.3, -0.25) is 4.68 Å². The van der Waals surface area contributed by atoms with Crippen LogP contribution in [0.1, 0.15) is 26.5 Å². The molecule has 3 aromatic rings. The van der Waals surface area contributed by atoms with E-state index < -0.39 is 17.5 Å². The molecule has 0 aliphatic heterocycles. The number of aromatic nitrogens is 4. The smallest absolute Gasteiger partial charge is 0.435 e. The molecule has 0 radical (unpaired) electrons. The Balaban J connectivity index is 2.14. The van der Waals surface area contributed by atoms with Crippen molar-refractivity contribution in [3.63, 3.8) is 0 Å². The fourth-order valence-electron chi connectivity index (χ4n) is 2.52. The molecule has 0 spiro atoms. The zero-order chi connectivity index (χ0) is 17.6. The summed E-state index contributed by atoms with van der Waals surface area (Å²) in [5, 5.41) is 8.82. The van der Waals surface area contributed by atoms with Gasteiger partial charge in [-0.05, 0) is 45.4 Å². The molecule has 2 aromatic heterocycles. The van der Waals surface area contributed by atoms with Gasteiger partial charge in [-0.1, -0.05) is 0 Å². The van der Waals surface area contributed by atoms with E-state index in [1.54, 1.807) is 57.9 Å². The van der Waals surface area contributed by atoms with Gasteiger partial charge in [-0.2, -0.15) is 14.9 Å². The highest BCUT2D eigenvalue weighted by Crippen LogP contribution is 2.29. The maximum atomic E-state index is 14.7. The summed E-state index contributed by atoms with van der Waals surface area (Å²) >= 11 is 0. The summed E-state index contributed by atoms with van der Waals surface area (Å²) in [7, 11) is 1.80. The van der Waals surface area contributed by atoms with Crippen LogP contribution in [0.5, 0.6) is 0 Å². The van der Waals surface area contributed by atoms with E-state index >= 15 is 0 Å². The summed E-state index contributed by atoms with van der Waals surface area (Å²) in [5.41, 5.74) is 1.47. The Kier molecular flexibility index (Phi) is 3.66. The third-order valence-corrected chi connectivity index (χ3v) is 3.52. The van der Waals surface area contributed by atoms with Crippen molar-refractivity contribution in [3.05, 3.63) is 36.0 Å². The second-order valence-electron chi connectivity index (χ2n) is 6.73. The Morgan fingerprint density at radius 2 is 1.96 bits per heavy atom. The minimum absolute atomic E-state index is 0.120. The van der Waals surface area contributed by atoms with Crippen molar-refractivity contribution in [2.45, 2.75) is 33.3 Å². The lowest BCUT2D eigenvalue weighted by atomic mass is 10.1. The maximum Gasteiger partial charge on any atom is 0.435 e. The van der Waals surface area contributed by atoms with Crippen LogP contribution in [-0.4, -0.2) is 31.3 Å². The van der Waals surface area contributed by atoms with Crippen LogP contribution in [0.3, 0.4) is 0 Å². The fourth-order valence-corrected chi connectivity index (χ4v) is 2.52. The van der Waals surface area contributed by atoms with E-state index in [2.05, 4.69) is 10.2 Å². The summed E-state index contributed by atoms with van der Waals surface area (Å²) in [4.78, 5) is 12.3. The number of carbonyl (C=O) groups is 1. The van der Waals surface area contributed by atoms with Crippen molar-refractivity contribution < 1.29 is 13.9 Å². The fraction of sp³-hybridized carbons (Fsp3) is 0.353. The van der Waals surface area contributed by atoms with E-state index in [4.69, 9.17) is 4.74 Å². The van der Waals surface area contributed by atoms with E-state index in [1.807, 2.05) is 0 Å². The van der Waals surface area contributed by atoms with Gasteiger partial charge in [0.1, 0.15) is 16.9 Å². The molecular formula is C17H19FN4O2. The van der Waals surface area contributed by atoms with Gasteiger partial charge in [0.15, 0.2) is 0 Å². The normalized spacial score (nSPS) is 11.9. The first-order valence-corrected chi connectivity index (χ1v) is 7.57. The van der Waals surface area contributed by atoms with Gasteiger partial charge >= 0.3 is 6.09 Å². The van der Waals surface area contributed by atoms with Crippen molar-refractivity contribution >= 4 is 17.0 Å². The highest BCUT2D eigenvalue weighted by molar-refractivity contribution is 5.93. The molecule has 1 aromatic carbocycles. The minimum Gasteiger partial charge on any atom is -0.442 e. The van der Waals surface area contributed by atoms with E-state index in [-0.39, 0.29) is 5.52 Å². The average molecular weight is 330 g/mol. The lowest BCUT2D eigenvalue weighted by molar-refractivity contribution is 0.0521. The average Bonchev–Trinajstić information content (AvgIpc) is 3.02. The lowest BCUT2D eigenvalue weighted by Gasteiger charge is -2.19. The van der Waals surface area contributed by atoms with Gasteiger partial charge in [0.25, 0.3) is 0 Å². The van der Waals surface area contributed by atoms with Gasteiger partial charge in [0.05, 0.1) is 11.9 Å². The van der Waals surface area contributed by atoms with E-state index in [0.29, 0.717) is 16.6 Å². The molecule has 0 aliphatic rings. The molecular weight excluding hydrogens is 311 g/mol. The van der Waals surface area contributed by atoms with Crippen molar-refractivity contribution in [2.24, 2.45) is 7.05 Å². The molecule has 2 heterocycles. The quantitative estimate of drug-likeness (QED) is 0.683. The predicted molar refractivity (Wildman–Crippen MR) is 88.3 cm³/mol. The molecule has 24 heavy (non-hydrogen) atoms. The topological polar surface area (TPSA) is 61.9 Å². The number of ether oxygens (including phenoxy) is 1. The predicted octanol–water partition coefficient (Wildman–Crippen LogP) is 3.67. The summed E-state index contributed by atoms with van der Waals surface area (Å²) in [6, 6.07) is 3.18. The van der Waals surface area contributed by atoms with E-state index in [1.165, 1.54) is 6.07 Å². The van der Waals surface area contributed by atoms with Crippen LogP contribution in [0, 0.1) is 12.7 Å². The maximum absolute atomic E-state index is 14.7. The number of halogens is 1. The molecule has 0 fully saturated rings. The number of rotatable bonds is 1. The molecule has 0 amide bonds. The summed E-state index contributed by atoms with van der Waals surface area (Å²) in [5.74, 6) is -0.530. The van der Waals surface area contributed by atoms with Gasteiger partial charge in [0, 0.05) is 24.2 Å². The Labute approximate surface area is 138 Å². The van der Waals surface area contributed by atoms with Crippen LogP contribution in [0.15, 0.2) is 24.5 Å². The molecule has 3 rings (SSSR count). The van der Waals surface area contributed by atoms with Gasteiger partial charge < -0.3 is 4.74 Å². The Morgan fingerprint density at radius 3 is 2.54 bits per heavy atom. The first kappa shape index (κ1) is 16.2. The number of benzene rings is 1. The highest BCUT2D eigenvalue weighted by Gasteiger charge is 2.23. The third kappa shape index (κ3) is 2.89. The summed E-state index contributed by atoms with van der Waals surface area (Å²) in [6.45, 7) is 6.98. The second kappa shape index (κ2) is 5.43. The second-order valence-corrected chi connectivity index (χ2v) is 6.73. The SMILES string of the molecule is Cc1nn(C(=O)OC(C)(C)C)c2c(F)cc(-c3cnn(C)c3)cc12. The molecule has 0 saturated heterocycles. The number of aryl methyl sites for hydroxylation is 2. The minimum atomic E-state index is -0.700. The number of carbonyl (C=O) groups excluding carboxylic acids is 1. The molecule has 0 saturated carbocycles. The molecule has 7 heteroatoms. The van der Waals surface area contributed by atoms with Crippen LogP contribution in [0.25, 0.3) is 22.0 Å². The Morgan fingerprint density at radius 1 is 1.25 bits per heavy atom. The van der Waals surface area contributed by atoms with Gasteiger partial charge in [0.2, 0.25) is 0 Å². The van der Waals surface area contributed by atoms with Gasteiger partial charge in [-0.15, -0.1) is 0 Å². The van der Waals surface area contributed by atoms with Crippen LogP contribution in [0.4, 0.5) is 9.18 Å². The number of hydrogen-bond acceptors (Lipinski definition) is 4. The van der Waals surface area contributed by atoms with Crippen LogP contribution in [-0.2, 0) is 11.8 Å². The van der Waals surface area contributed by atoms with Crippen LogP contribution >= 0.6 is 0 Å². The molecule has 0 unspecified atom stereocenters. The van der Waals surface area contributed by atoms with Crippen molar-refractivity contribution in [3.8, 4) is 11.1 Å². The molecule has 0 aliphatic carbocycles. The Hall–Kier alpha value is -2.70. The zero-order valence-corrected chi connectivity index (χ0v) is 14.3. The summed E-state index contributed by atoms with van der Waals surface area (Å²) < 4.78 is 22.6. The number of hydrogen-bond donors (Lipinski definition) is 0. The summed E-state index contributed by atoms with van der Waals surface area (Å²) in [6.07, 6.45) is 2.76. The molecule has 0 bridgehead atoms. The van der Waals surface area contributed by atoms with Gasteiger partial charge in [-0.25, -0.2) is 9.18 Å². The molecule has 126 valence electrons. The number of fused-ring (bicyclic) bond motifs is 1. The molecule has 0 N–H and O–H groups in total. The van der Waals surface area contributed by atoms with E-state index in [9.17, 15) is 9.18 Å². The first-order chi connectivity index (χ1) is 11.2. The van der Waals surface area contributed by atoms with E-state index in [0.717, 1.165) is 10.2 Å².